The smallest absolute Gasteiger partial charge is 0.163 e. The maximum atomic E-state index is 8.75. The highest BCUT2D eigenvalue weighted by molar-refractivity contribution is 5.68. The molecule has 0 bridgehead atoms. The molecule has 22 heavy (non-hydrogen) atoms. The van der Waals surface area contributed by atoms with Crippen LogP contribution in [0.4, 0.5) is 17.2 Å². The maximum absolute atomic E-state index is 8.75. The highest BCUT2D eigenvalue weighted by atomic mass is 15.2. The lowest BCUT2D eigenvalue weighted by atomic mass is 10.1. The number of nitrogens with zero attached hydrogens (tertiary/aromatic N) is 4. The van der Waals surface area contributed by atoms with Crippen molar-refractivity contribution >= 4 is 17.2 Å². The van der Waals surface area contributed by atoms with E-state index in [2.05, 4.69) is 45.5 Å². The summed E-state index contributed by atoms with van der Waals surface area (Å²) in [5.41, 5.74) is 4.05. The molecule has 0 saturated heterocycles. The first-order valence-electron chi connectivity index (χ1n) is 7.69. The number of nitrogens with one attached hydrogen (secondary N) is 1. The van der Waals surface area contributed by atoms with E-state index in [4.69, 9.17) is 5.26 Å². The van der Waals surface area contributed by atoms with Crippen LogP contribution in [-0.4, -0.2) is 23.3 Å². The van der Waals surface area contributed by atoms with Gasteiger partial charge >= 0.3 is 0 Å². The highest BCUT2D eigenvalue weighted by Crippen LogP contribution is 2.31. The molecular formula is C17H19N5. The van der Waals surface area contributed by atoms with Crippen molar-refractivity contribution in [3.8, 4) is 6.07 Å². The molecule has 0 spiro atoms. The van der Waals surface area contributed by atoms with Crippen LogP contribution >= 0.6 is 0 Å². The van der Waals surface area contributed by atoms with Crippen molar-refractivity contribution in [3.05, 3.63) is 41.6 Å². The average molecular weight is 293 g/mol. The summed E-state index contributed by atoms with van der Waals surface area (Å²) in [4.78, 5) is 2.45. The number of rotatable bonds is 5. The summed E-state index contributed by atoms with van der Waals surface area (Å²) in [5.74, 6) is 0.650. The molecule has 112 valence electrons. The van der Waals surface area contributed by atoms with Gasteiger partial charge in [-0.1, -0.05) is 19.4 Å². The molecule has 1 aliphatic rings. The minimum absolute atomic E-state index is 0.324. The van der Waals surface area contributed by atoms with Gasteiger partial charge < -0.3 is 10.2 Å². The molecule has 0 unspecified atom stereocenters. The predicted molar refractivity (Wildman–Crippen MR) is 87.3 cm³/mol. The molecule has 2 heterocycles. The third-order valence-electron chi connectivity index (χ3n) is 3.91. The predicted octanol–water partition coefficient (Wildman–Crippen LogP) is 3.25. The van der Waals surface area contributed by atoms with E-state index in [1.807, 2.05) is 6.07 Å². The largest absolute Gasteiger partial charge is 0.371 e. The number of benzene rings is 1. The van der Waals surface area contributed by atoms with Gasteiger partial charge in [0, 0.05) is 24.5 Å². The van der Waals surface area contributed by atoms with Crippen molar-refractivity contribution in [1.82, 2.24) is 10.2 Å². The van der Waals surface area contributed by atoms with Crippen LogP contribution in [0.15, 0.2) is 30.3 Å². The van der Waals surface area contributed by atoms with Gasteiger partial charge in [0.05, 0.1) is 0 Å². The van der Waals surface area contributed by atoms with Crippen LogP contribution in [0.1, 0.15) is 31.0 Å². The average Bonchev–Trinajstić information content (AvgIpc) is 2.96. The van der Waals surface area contributed by atoms with E-state index < -0.39 is 0 Å². The maximum Gasteiger partial charge on any atom is 0.163 e. The van der Waals surface area contributed by atoms with E-state index in [-0.39, 0.29) is 0 Å². The third kappa shape index (κ3) is 3.01. The second-order valence-electron chi connectivity index (χ2n) is 5.47. The van der Waals surface area contributed by atoms with Gasteiger partial charge in [-0.2, -0.15) is 5.26 Å². The van der Waals surface area contributed by atoms with E-state index in [1.54, 1.807) is 12.1 Å². The van der Waals surface area contributed by atoms with Gasteiger partial charge in [0.15, 0.2) is 11.5 Å². The number of hydrogen-bond acceptors (Lipinski definition) is 5. The minimum atomic E-state index is 0.324. The van der Waals surface area contributed by atoms with Crippen LogP contribution in [0.2, 0.25) is 0 Å². The Morgan fingerprint density at radius 3 is 2.91 bits per heavy atom. The van der Waals surface area contributed by atoms with Crippen LogP contribution < -0.4 is 10.2 Å². The van der Waals surface area contributed by atoms with Crippen LogP contribution in [0.3, 0.4) is 0 Å². The lowest BCUT2D eigenvalue weighted by Crippen LogP contribution is -2.21. The fourth-order valence-corrected chi connectivity index (χ4v) is 2.71. The topological polar surface area (TPSA) is 64.8 Å². The number of fused-ring (bicyclic) bond motifs is 1. The lowest BCUT2D eigenvalue weighted by molar-refractivity contribution is 0.736. The molecule has 0 radical (unpaired) electrons. The first kappa shape index (κ1) is 14.3. The summed E-state index contributed by atoms with van der Waals surface area (Å²) in [6, 6.07) is 11.8. The van der Waals surface area contributed by atoms with Gasteiger partial charge in [-0.15, -0.1) is 10.2 Å². The lowest BCUT2D eigenvalue weighted by Gasteiger charge is -2.19. The zero-order valence-electron chi connectivity index (χ0n) is 12.7. The number of anilines is 3. The van der Waals surface area contributed by atoms with Crippen LogP contribution in [0.25, 0.3) is 0 Å². The second kappa shape index (κ2) is 6.44. The standard InChI is InChI=1S/C17H19N5/c1-2-3-9-22-10-8-13-4-5-14(11-16(13)22)19-17-7-6-15(12-18)20-21-17/h4-7,11H,2-3,8-10H2,1H3,(H,19,21). The van der Waals surface area contributed by atoms with Crippen molar-refractivity contribution in [3.63, 3.8) is 0 Å². The molecule has 1 aromatic heterocycles. The summed E-state index contributed by atoms with van der Waals surface area (Å²) in [6.45, 7) is 4.44. The second-order valence-corrected chi connectivity index (χ2v) is 5.47. The zero-order chi connectivity index (χ0) is 15.4. The fraction of sp³-hybridized carbons (Fsp3) is 0.353. The quantitative estimate of drug-likeness (QED) is 0.916. The first-order valence-corrected chi connectivity index (χ1v) is 7.69. The highest BCUT2D eigenvalue weighted by Gasteiger charge is 2.18. The molecule has 5 nitrogen and oxygen atoms in total. The summed E-state index contributed by atoms with van der Waals surface area (Å²) in [5, 5.41) is 19.8. The van der Waals surface area contributed by atoms with Gasteiger partial charge in [-0.05, 0) is 42.7 Å². The van der Waals surface area contributed by atoms with Crippen molar-refractivity contribution in [1.29, 1.82) is 5.26 Å². The molecule has 0 atom stereocenters. The molecule has 3 rings (SSSR count). The summed E-state index contributed by atoms with van der Waals surface area (Å²) in [6.07, 6.45) is 3.55. The van der Waals surface area contributed by atoms with Gasteiger partial charge in [0.1, 0.15) is 6.07 Å². The minimum Gasteiger partial charge on any atom is -0.371 e. The molecule has 0 saturated carbocycles. The van der Waals surface area contributed by atoms with E-state index in [0.29, 0.717) is 11.5 Å². The summed E-state index contributed by atoms with van der Waals surface area (Å²) in [7, 11) is 0. The van der Waals surface area contributed by atoms with Crippen molar-refractivity contribution in [2.45, 2.75) is 26.2 Å². The zero-order valence-corrected chi connectivity index (χ0v) is 12.7. The molecule has 2 aromatic rings. The van der Waals surface area contributed by atoms with Gasteiger partial charge in [0.25, 0.3) is 0 Å². The van der Waals surface area contributed by atoms with Crippen molar-refractivity contribution < 1.29 is 0 Å². The van der Waals surface area contributed by atoms with Crippen molar-refractivity contribution in [2.24, 2.45) is 0 Å². The molecule has 0 amide bonds. The monoisotopic (exact) mass is 293 g/mol. The van der Waals surface area contributed by atoms with Crippen LogP contribution in [-0.2, 0) is 6.42 Å². The number of aromatic nitrogens is 2. The van der Waals surface area contributed by atoms with Gasteiger partial charge in [-0.25, -0.2) is 0 Å². The number of nitriles is 1. The molecule has 1 aliphatic heterocycles. The van der Waals surface area contributed by atoms with E-state index in [9.17, 15) is 0 Å². The number of unbranched alkanes of at least 4 members (excludes halogenated alkanes) is 1. The van der Waals surface area contributed by atoms with E-state index >= 15 is 0 Å². The fourth-order valence-electron chi connectivity index (χ4n) is 2.71. The number of hydrogen-bond donors (Lipinski definition) is 1. The Labute approximate surface area is 130 Å². The Kier molecular flexibility index (Phi) is 4.19. The molecule has 0 fully saturated rings. The SMILES string of the molecule is CCCCN1CCc2ccc(Nc3ccc(C#N)nn3)cc21. The molecule has 0 aliphatic carbocycles. The van der Waals surface area contributed by atoms with E-state index in [0.717, 1.165) is 25.2 Å². The third-order valence-corrected chi connectivity index (χ3v) is 3.91. The Morgan fingerprint density at radius 1 is 1.27 bits per heavy atom. The Hall–Kier alpha value is -2.61. The molecule has 1 N–H and O–H groups in total. The normalized spacial score (nSPS) is 12.8. The first-order chi connectivity index (χ1) is 10.8. The molecule has 1 aromatic carbocycles. The van der Waals surface area contributed by atoms with Gasteiger partial charge in [0.2, 0.25) is 0 Å². The summed E-state index contributed by atoms with van der Waals surface area (Å²) >= 11 is 0. The van der Waals surface area contributed by atoms with Gasteiger partial charge in [-0.3, -0.25) is 0 Å². The Bertz CT molecular complexity index is 687. The molecule has 5 heteroatoms. The van der Waals surface area contributed by atoms with Crippen LogP contribution in [0, 0.1) is 11.3 Å². The summed E-state index contributed by atoms with van der Waals surface area (Å²) < 4.78 is 0. The van der Waals surface area contributed by atoms with Crippen molar-refractivity contribution in [2.75, 3.05) is 23.3 Å². The Balaban J connectivity index is 1.76. The van der Waals surface area contributed by atoms with Crippen LogP contribution in [0.5, 0.6) is 0 Å². The van der Waals surface area contributed by atoms with E-state index in [1.165, 1.54) is 24.1 Å². The Morgan fingerprint density at radius 2 is 2.18 bits per heavy atom. The molecular weight excluding hydrogens is 274 g/mol.